The van der Waals surface area contributed by atoms with E-state index in [1.165, 1.54) is 23.9 Å². The smallest absolute Gasteiger partial charge is 0.262 e. The van der Waals surface area contributed by atoms with Gasteiger partial charge in [0.15, 0.2) is 5.17 Å². The molecule has 5 rings (SSSR count). The van der Waals surface area contributed by atoms with E-state index in [0.29, 0.717) is 17.3 Å². The third-order valence-electron chi connectivity index (χ3n) is 6.67. The first-order chi connectivity index (χ1) is 18.3. The second-order valence-electron chi connectivity index (χ2n) is 9.28. The van der Waals surface area contributed by atoms with E-state index in [2.05, 4.69) is 10.3 Å². The van der Waals surface area contributed by atoms with E-state index < -0.39 is 5.25 Å². The molecule has 3 aromatic rings. The van der Waals surface area contributed by atoms with E-state index in [-0.39, 0.29) is 30.1 Å². The minimum atomic E-state index is -0.641. The molecule has 38 heavy (non-hydrogen) atoms. The molecule has 0 fully saturated rings. The van der Waals surface area contributed by atoms with Crippen molar-refractivity contribution in [2.75, 3.05) is 12.4 Å². The lowest BCUT2D eigenvalue weighted by atomic mass is 9.98. The van der Waals surface area contributed by atoms with Crippen LogP contribution in [0.5, 0.6) is 5.75 Å². The molecule has 2 unspecified atom stereocenters. The summed E-state index contributed by atoms with van der Waals surface area (Å²) in [5, 5.41) is 9.22. The lowest BCUT2D eigenvalue weighted by Crippen LogP contribution is -2.25. The predicted molar refractivity (Wildman–Crippen MR) is 148 cm³/mol. The molecule has 7 nitrogen and oxygen atoms in total. The Hall–Kier alpha value is -3.98. The summed E-state index contributed by atoms with van der Waals surface area (Å²) in [7, 11) is 1.61. The molecule has 1 N–H and O–H groups in total. The summed E-state index contributed by atoms with van der Waals surface area (Å²) in [5.74, 6) is -0.201. The normalized spacial score (nSPS) is 18.8. The Morgan fingerprint density at radius 2 is 1.82 bits per heavy atom. The molecule has 3 aromatic carbocycles. The van der Waals surface area contributed by atoms with Crippen molar-refractivity contribution >= 4 is 40.1 Å². The number of hydrogen-bond acceptors (Lipinski definition) is 6. The van der Waals surface area contributed by atoms with Crippen LogP contribution < -0.4 is 10.1 Å². The minimum absolute atomic E-state index is 0.000992. The number of rotatable bonds is 6. The molecule has 0 spiro atoms. The highest BCUT2D eigenvalue weighted by molar-refractivity contribution is 8.15. The van der Waals surface area contributed by atoms with E-state index in [9.17, 15) is 14.0 Å². The molecular formula is C29H27FN4O3S. The van der Waals surface area contributed by atoms with Crippen LogP contribution in [0.2, 0.25) is 0 Å². The number of aliphatic imine (C=N–C) groups is 1. The first kappa shape index (κ1) is 25.7. The van der Waals surface area contributed by atoms with E-state index in [4.69, 9.17) is 9.84 Å². The SMILES string of the molecule is COc1ccc(C2CC(c3ccc(F)cc3)=NN2C2=NC(=O)C(CC(=O)Nc3ccc(C)c(C)c3)S2)cc1. The number of carbonyl (C=O) groups excluding carboxylic acids is 2. The highest BCUT2D eigenvalue weighted by atomic mass is 32.2. The third-order valence-corrected chi connectivity index (χ3v) is 7.82. The number of hydrogen-bond donors (Lipinski definition) is 1. The zero-order valence-corrected chi connectivity index (χ0v) is 22.1. The largest absolute Gasteiger partial charge is 0.497 e. The van der Waals surface area contributed by atoms with Crippen LogP contribution in [0.3, 0.4) is 0 Å². The number of thioether (sulfide) groups is 1. The molecule has 2 aliphatic heterocycles. The maximum Gasteiger partial charge on any atom is 0.262 e. The molecular weight excluding hydrogens is 503 g/mol. The molecule has 0 saturated carbocycles. The molecule has 2 heterocycles. The van der Waals surface area contributed by atoms with Gasteiger partial charge < -0.3 is 10.1 Å². The average Bonchev–Trinajstić information content (AvgIpc) is 3.50. The number of carbonyl (C=O) groups is 2. The molecule has 0 aromatic heterocycles. The summed E-state index contributed by atoms with van der Waals surface area (Å²) in [6.07, 6.45) is 0.544. The number of halogens is 1. The fourth-order valence-electron chi connectivity index (χ4n) is 4.39. The van der Waals surface area contributed by atoms with Crippen LogP contribution in [-0.4, -0.2) is 40.1 Å². The van der Waals surface area contributed by atoms with Crippen molar-refractivity contribution in [2.24, 2.45) is 10.1 Å². The van der Waals surface area contributed by atoms with E-state index in [1.807, 2.05) is 56.3 Å². The van der Waals surface area contributed by atoms with Gasteiger partial charge in [-0.25, -0.2) is 9.40 Å². The molecule has 2 atom stereocenters. The van der Waals surface area contributed by atoms with Crippen LogP contribution in [0.15, 0.2) is 76.8 Å². The van der Waals surface area contributed by atoms with Crippen molar-refractivity contribution in [1.29, 1.82) is 0 Å². The second kappa shape index (κ2) is 10.8. The van der Waals surface area contributed by atoms with Crippen LogP contribution >= 0.6 is 11.8 Å². The van der Waals surface area contributed by atoms with Crippen molar-refractivity contribution in [3.8, 4) is 5.75 Å². The fourth-order valence-corrected chi connectivity index (χ4v) is 5.45. The number of hydrazone groups is 1. The van der Waals surface area contributed by atoms with Crippen molar-refractivity contribution in [3.05, 3.63) is 94.8 Å². The second-order valence-corrected chi connectivity index (χ2v) is 10.5. The van der Waals surface area contributed by atoms with Gasteiger partial charge >= 0.3 is 0 Å². The van der Waals surface area contributed by atoms with Gasteiger partial charge in [0, 0.05) is 18.5 Å². The number of ether oxygens (including phenoxy) is 1. The van der Waals surface area contributed by atoms with E-state index in [0.717, 1.165) is 33.7 Å². The Morgan fingerprint density at radius 3 is 2.50 bits per heavy atom. The molecule has 0 aliphatic carbocycles. The molecule has 0 saturated heterocycles. The van der Waals surface area contributed by atoms with Crippen LogP contribution in [0, 0.1) is 19.7 Å². The van der Waals surface area contributed by atoms with Crippen molar-refractivity contribution in [3.63, 3.8) is 0 Å². The number of nitrogens with one attached hydrogen (secondary N) is 1. The molecule has 194 valence electrons. The van der Waals surface area contributed by atoms with Gasteiger partial charge in [0.25, 0.3) is 5.91 Å². The van der Waals surface area contributed by atoms with Crippen molar-refractivity contribution in [2.45, 2.75) is 38.0 Å². The summed E-state index contributed by atoms with van der Waals surface area (Å²) in [4.78, 5) is 29.8. The lowest BCUT2D eigenvalue weighted by molar-refractivity contribution is -0.121. The summed E-state index contributed by atoms with van der Waals surface area (Å²) in [5.41, 5.74) is 5.44. The van der Waals surface area contributed by atoms with Crippen LogP contribution in [0.25, 0.3) is 0 Å². The lowest BCUT2D eigenvalue weighted by Gasteiger charge is -2.23. The fraction of sp³-hybridized carbons (Fsp3) is 0.241. The maximum absolute atomic E-state index is 13.5. The van der Waals surface area contributed by atoms with Gasteiger partial charge in [0.2, 0.25) is 5.91 Å². The highest BCUT2D eigenvalue weighted by Gasteiger charge is 2.39. The van der Waals surface area contributed by atoms with Gasteiger partial charge in [-0.2, -0.15) is 10.1 Å². The Kier molecular flexibility index (Phi) is 7.28. The average molecular weight is 531 g/mol. The van der Waals surface area contributed by atoms with Gasteiger partial charge in [-0.15, -0.1) is 0 Å². The quantitative estimate of drug-likeness (QED) is 0.447. The Balaban J connectivity index is 1.34. The van der Waals surface area contributed by atoms with Gasteiger partial charge in [0.1, 0.15) is 16.8 Å². The third kappa shape index (κ3) is 5.47. The minimum Gasteiger partial charge on any atom is -0.497 e. The summed E-state index contributed by atoms with van der Waals surface area (Å²) >= 11 is 1.24. The number of benzene rings is 3. The first-order valence-corrected chi connectivity index (χ1v) is 13.1. The zero-order chi connectivity index (χ0) is 26.8. The van der Waals surface area contributed by atoms with Gasteiger partial charge in [-0.05, 0) is 72.5 Å². The van der Waals surface area contributed by atoms with Crippen LogP contribution in [0.4, 0.5) is 10.1 Å². The number of amides is 2. The summed E-state index contributed by atoms with van der Waals surface area (Å²) in [6, 6.07) is 19.3. The summed E-state index contributed by atoms with van der Waals surface area (Å²) < 4.78 is 18.8. The van der Waals surface area contributed by atoms with Gasteiger partial charge in [-0.1, -0.05) is 42.1 Å². The Labute approximate surface area is 224 Å². The number of anilines is 1. The predicted octanol–water partition coefficient (Wildman–Crippen LogP) is 5.63. The molecule has 2 aliphatic rings. The Bertz CT molecular complexity index is 1440. The highest BCUT2D eigenvalue weighted by Crippen LogP contribution is 2.39. The zero-order valence-electron chi connectivity index (χ0n) is 21.3. The van der Waals surface area contributed by atoms with Gasteiger partial charge in [0.05, 0.1) is 18.9 Å². The van der Waals surface area contributed by atoms with Crippen molar-refractivity contribution in [1.82, 2.24) is 5.01 Å². The molecule has 0 bridgehead atoms. The maximum atomic E-state index is 13.5. The standard InChI is InChI=1S/C29H27FN4O3S/c1-17-4-11-22(14-18(17)2)31-27(35)16-26-28(36)32-29(38-26)34-25(20-7-12-23(37-3)13-8-20)15-24(33-34)19-5-9-21(30)10-6-19/h4-14,25-26H,15-16H2,1-3H3,(H,31,35). The van der Waals surface area contributed by atoms with Crippen molar-refractivity contribution < 1.29 is 18.7 Å². The molecule has 0 radical (unpaired) electrons. The number of amidine groups is 1. The molecule has 2 amide bonds. The Morgan fingerprint density at radius 1 is 1.08 bits per heavy atom. The van der Waals surface area contributed by atoms with E-state index >= 15 is 0 Å². The van der Waals surface area contributed by atoms with Crippen LogP contribution in [-0.2, 0) is 9.59 Å². The van der Waals surface area contributed by atoms with Crippen LogP contribution in [0.1, 0.15) is 41.1 Å². The number of nitrogens with zero attached hydrogens (tertiary/aromatic N) is 3. The first-order valence-electron chi connectivity index (χ1n) is 12.2. The number of methoxy groups -OCH3 is 1. The number of aryl methyl sites for hydroxylation is 2. The molecule has 9 heteroatoms. The topological polar surface area (TPSA) is 83.4 Å². The summed E-state index contributed by atoms with van der Waals surface area (Å²) in [6.45, 7) is 3.99. The van der Waals surface area contributed by atoms with Gasteiger partial charge in [-0.3, -0.25) is 9.59 Å². The van der Waals surface area contributed by atoms with E-state index in [1.54, 1.807) is 24.3 Å². The monoisotopic (exact) mass is 530 g/mol.